The van der Waals surface area contributed by atoms with E-state index in [9.17, 15) is 4.79 Å². The van der Waals surface area contributed by atoms with Crippen LogP contribution in [-0.2, 0) is 19.5 Å². The summed E-state index contributed by atoms with van der Waals surface area (Å²) in [6.07, 6.45) is 0.969. The number of carbonyl (C=O) groups excluding carboxylic acids is 1. The number of hydrogen-bond acceptors (Lipinski definition) is 6. The standard InChI is InChI=1S/C19H19N5OS2/c1-13-11-16(14(2)23(13)8-7-15-5-3-9-26-15)17(25)12-24-21-19(20-22-24)18-6-4-10-27-18/h3-6,9-11H,7-8,12H2,1-2H3. The fourth-order valence-corrected chi connectivity index (χ4v) is 4.48. The first-order valence-corrected chi connectivity index (χ1v) is 10.4. The summed E-state index contributed by atoms with van der Waals surface area (Å²) < 4.78 is 2.21. The number of aromatic nitrogens is 5. The zero-order chi connectivity index (χ0) is 18.8. The number of hydrogen-bond donors (Lipinski definition) is 0. The second kappa shape index (κ2) is 7.58. The Hall–Kier alpha value is -2.58. The minimum atomic E-state index is 0.000559. The molecule has 0 aliphatic rings. The molecule has 8 heteroatoms. The monoisotopic (exact) mass is 397 g/mol. The van der Waals surface area contributed by atoms with Gasteiger partial charge in [-0.15, -0.1) is 32.9 Å². The highest BCUT2D eigenvalue weighted by molar-refractivity contribution is 7.13. The highest BCUT2D eigenvalue weighted by Crippen LogP contribution is 2.21. The van der Waals surface area contributed by atoms with Gasteiger partial charge in [0, 0.05) is 28.4 Å². The van der Waals surface area contributed by atoms with Crippen molar-refractivity contribution in [2.75, 3.05) is 0 Å². The van der Waals surface area contributed by atoms with Gasteiger partial charge in [-0.1, -0.05) is 12.1 Å². The van der Waals surface area contributed by atoms with E-state index in [1.165, 1.54) is 9.67 Å². The third kappa shape index (κ3) is 3.77. The molecule has 0 aliphatic carbocycles. The predicted molar refractivity (Wildman–Crippen MR) is 107 cm³/mol. The molecule has 0 spiro atoms. The molecule has 138 valence electrons. The van der Waals surface area contributed by atoms with Crippen LogP contribution in [0.4, 0.5) is 0 Å². The van der Waals surface area contributed by atoms with Gasteiger partial charge in [0.2, 0.25) is 5.82 Å². The molecule has 0 saturated heterocycles. The van der Waals surface area contributed by atoms with Gasteiger partial charge in [0.15, 0.2) is 5.78 Å². The quantitative estimate of drug-likeness (QED) is 0.442. The molecule has 0 aliphatic heterocycles. The Balaban J connectivity index is 1.48. The number of tetrazole rings is 1. The molecule has 0 aromatic carbocycles. The Bertz CT molecular complexity index is 1040. The smallest absolute Gasteiger partial charge is 0.214 e. The number of rotatable bonds is 7. The van der Waals surface area contributed by atoms with Crippen LogP contribution in [0.2, 0.25) is 0 Å². The van der Waals surface area contributed by atoms with Crippen molar-refractivity contribution in [1.82, 2.24) is 24.8 Å². The molecule has 4 rings (SSSR count). The van der Waals surface area contributed by atoms with E-state index < -0.39 is 0 Å². The van der Waals surface area contributed by atoms with Gasteiger partial charge in [0.25, 0.3) is 0 Å². The SMILES string of the molecule is Cc1cc(C(=O)Cn2nnc(-c3cccs3)n2)c(C)n1CCc1cccs1. The van der Waals surface area contributed by atoms with E-state index in [1.807, 2.05) is 37.4 Å². The Morgan fingerprint density at radius 1 is 1.15 bits per heavy atom. The van der Waals surface area contributed by atoms with Crippen molar-refractivity contribution in [1.29, 1.82) is 0 Å². The van der Waals surface area contributed by atoms with Gasteiger partial charge < -0.3 is 4.57 Å². The molecule has 0 saturated carbocycles. The first-order chi connectivity index (χ1) is 13.1. The number of nitrogens with zero attached hydrogens (tertiary/aromatic N) is 5. The molecule has 27 heavy (non-hydrogen) atoms. The van der Waals surface area contributed by atoms with Crippen LogP contribution in [0.15, 0.2) is 41.1 Å². The largest absolute Gasteiger partial charge is 0.348 e. The zero-order valence-corrected chi connectivity index (χ0v) is 16.8. The maximum absolute atomic E-state index is 12.8. The molecule has 0 bridgehead atoms. The van der Waals surface area contributed by atoms with Crippen LogP contribution in [-0.4, -0.2) is 30.6 Å². The number of aryl methyl sites for hydroxylation is 2. The van der Waals surface area contributed by atoms with Crippen LogP contribution < -0.4 is 0 Å². The second-order valence-corrected chi connectivity index (χ2v) is 8.29. The lowest BCUT2D eigenvalue weighted by Crippen LogP contribution is -2.14. The topological polar surface area (TPSA) is 65.6 Å². The van der Waals surface area contributed by atoms with Gasteiger partial charge in [-0.2, -0.15) is 4.80 Å². The molecule has 4 aromatic heterocycles. The van der Waals surface area contributed by atoms with Gasteiger partial charge in [-0.05, 0) is 54.4 Å². The molecule has 4 heterocycles. The van der Waals surface area contributed by atoms with Crippen molar-refractivity contribution in [3.05, 3.63) is 62.9 Å². The summed E-state index contributed by atoms with van der Waals surface area (Å²) in [5, 5.41) is 16.4. The molecule has 0 unspecified atom stereocenters. The second-order valence-electron chi connectivity index (χ2n) is 6.31. The van der Waals surface area contributed by atoms with E-state index >= 15 is 0 Å². The van der Waals surface area contributed by atoms with E-state index in [2.05, 4.69) is 37.5 Å². The molecule has 0 N–H and O–H groups in total. The third-order valence-electron chi connectivity index (χ3n) is 4.52. The highest BCUT2D eigenvalue weighted by Gasteiger charge is 2.18. The molecule has 0 amide bonds. The highest BCUT2D eigenvalue weighted by atomic mass is 32.1. The molecule has 4 aromatic rings. The van der Waals surface area contributed by atoms with Crippen LogP contribution in [0.25, 0.3) is 10.7 Å². The first kappa shape index (κ1) is 17.8. The van der Waals surface area contributed by atoms with Gasteiger partial charge in [-0.3, -0.25) is 4.79 Å². The van der Waals surface area contributed by atoms with Crippen molar-refractivity contribution < 1.29 is 4.79 Å². The van der Waals surface area contributed by atoms with Crippen LogP contribution in [0.5, 0.6) is 0 Å². The van der Waals surface area contributed by atoms with Crippen molar-refractivity contribution in [2.24, 2.45) is 0 Å². The Morgan fingerprint density at radius 3 is 2.70 bits per heavy atom. The number of carbonyl (C=O) groups is 1. The Morgan fingerprint density at radius 2 is 1.96 bits per heavy atom. The number of Topliss-reactive ketones (excluding diaryl/α,β-unsaturated/α-hetero) is 1. The van der Waals surface area contributed by atoms with Gasteiger partial charge >= 0.3 is 0 Å². The summed E-state index contributed by atoms with van der Waals surface area (Å²) in [4.78, 5) is 16.5. The lowest BCUT2D eigenvalue weighted by atomic mass is 10.1. The maximum Gasteiger partial charge on any atom is 0.214 e. The van der Waals surface area contributed by atoms with Crippen LogP contribution in [0.1, 0.15) is 26.6 Å². The van der Waals surface area contributed by atoms with Crippen LogP contribution >= 0.6 is 22.7 Å². The lowest BCUT2D eigenvalue weighted by molar-refractivity contribution is 0.0960. The van der Waals surface area contributed by atoms with Gasteiger partial charge in [0.05, 0.1) is 4.88 Å². The molecular weight excluding hydrogens is 378 g/mol. The van der Waals surface area contributed by atoms with Gasteiger partial charge in [-0.25, -0.2) is 0 Å². The molecule has 0 atom stereocenters. The van der Waals surface area contributed by atoms with E-state index in [-0.39, 0.29) is 12.3 Å². The average Bonchev–Trinajstić information content (AvgIpc) is 3.42. The van der Waals surface area contributed by atoms with Gasteiger partial charge in [0.1, 0.15) is 6.54 Å². The number of thiophene rings is 2. The van der Waals surface area contributed by atoms with E-state index in [0.717, 1.165) is 34.8 Å². The fourth-order valence-electron chi connectivity index (χ4n) is 3.13. The average molecular weight is 398 g/mol. The molecular formula is C19H19N5OS2. The minimum Gasteiger partial charge on any atom is -0.348 e. The Kier molecular flexibility index (Phi) is 5.00. The summed E-state index contributed by atoms with van der Waals surface area (Å²) in [5.41, 5.74) is 2.82. The van der Waals surface area contributed by atoms with Crippen molar-refractivity contribution >= 4 is 28.5 Å². The van der Waals surface area contributed by atoms with Crippen LogP contribution in [0, 0.1) is 13.8 Å². The summed E-state index contributed by atoms with van der Waals surface area (Å²) >= 11 is 3.31. The molecule has 6 nitrogen and oxygen atoms in total. The Labute approximate surface area is 165 Å². The van der Waals surface area contributed by atoms with Crippen molar-refractivity contribution in [3.63, 3.8) is 0 Å². The normalized spacial score (nSPS) is 11.2. The van der Waals surface area contributed by atoms with E-state index in [0.29, 0.717) is 5.82 Å². The molecule has 0 fully saturated rings. The summed E-state index contributed by atoms with van der Waals surface area (Å²) in [6, 6.07) is 10.1. The summed E-state index contributed by atoms with van der Waals surface area (Å²) in [6.45, 7) is 5.00. The fraction of sp³-hybridized carbons (Fsp3) is 0.263. The minimum absolute atomic E-state index is 0.000559. The maximum atomic E-state index is 12.8. The zero-order valence-electron chi connectivity index (χ0n) is 15.1. The predicted octanol–water partition coefficient (Wildman–Crippen LogP) is 4.01. The van der Waals surface area contributed by atoms with E-state index in [1.54, 1.807) is 22.7 Å². The van der Waals surface area contributed by atoms with E-state index in [4.69, 9.17) is 0 Å². The van der Waals surface area contributed by atoms with Crippen molar-refractivity contribution in [3.8, 4) is 10.7 Å². The van der Waals surface area contributed by atoms with Crippen LogP contribution in [0.3, 0.4) is 0 Å². The molecule has 0 radical (unpaired) electrons. The first-order valence-electron chi connectivity index (χ1n) is 8.66. The lowest BCUT2D eigenvalue weighted by Gasteiger charge is -2.09. The summed E-state index contributed by atoms with van der Waals surface area (Å²) in [7, 11) is 0. The number of ketones is 1. The van der Waals surface area contributed by atoms with Crippen molar-refractivity contribution in [2.45, 2.75) is 33.4 Å². The summed E-state index contributed by atoms with van der Waals surface area (Å²) in [5.74, 6) is 0.555. The third-order valence-corrected chi connectivity index (χ3v) is 6.32.